The molecule has 0 amide bonds. The maximum absolute atomic E-state index is 5.98. The van der Waals surface area contributed by atoms with E-state index in [-0.39, 0.29) is 0 Å². The van der Waals surface area contributed by atoms with Gasteiger partial charge in [0.1, 0.15) is 0 Å². The maximum Gasteiger partial charge on any atom is 0.0829 e. The first-order chi connectivity index (χ1) is 9.19. The molecule has 0 spiro atoms. The molecule has 1 heterocycles. The van der Waals surface area contributed by atoms with E-state index in [0.29, 0.717) is 6.10 Å². The zero-order chi connectivity index (χ0) is 13.7. The van der Waals surface area contributed by atoms with Crippen LogP contribution < -0.4 is 5.73 Å². The van der Waals surface area contributed by atoms with Crippen molar-refractivity contribution in [1.29, 1.82) is 0 Å². The fourth-order valence-corrected chi connectivity index (χ4v) is 2.56. The third kappa shape index (κ3) is 4.20. The van der Waals surface area contributed by atoms with E-state index in [1.54, 1.807) is 0 Å². The van der Waals surface area contributed by atoms with E-state index in [1.165, 1.54) is 5.56 Å². The van der Waals surface area contributed by atoms with Crippen LogP contribution in [0, 0.1) is 0 Å². The number of morpholine rings is 1. The van der Waals surface area contributed by atoms with Gasteiger partial charge in [0.15, 0.2) is 0 Å². The average molecular weight is 263 g/mol. The van der Waals surface area contributed by atoms with Crippen LogP contribution in [0.4, 0.5) is 5.69 Å². The highest BCUT2D eigenvalue weighted by atomic mass is 16.5. The lowest BCUT2D eigenvalue weighted by molar-refractivity contribution is -0.0397. The summed E-state index contributed by atoms with van der Waals surface area (Å²) in [5, 5.41) is 0. The lowest BCUT2D eigenvalue weighted by Crippen LogP contribution is -2.46. The van der Waals surface area contributed by atoms with Crippen molar-refractivity contribution in [2.45, 2.75) is 19.6 Å². The molecule has 19 heavy (non-hydrogen) atoms. The van der Waals surface area contributed by atoms with Gasteiger partial charge < -0.3 is 10.5 Å². The van der Waals surface area contributed by atoms with Gasteiger partial charge in [0, 0.05) is 31.9 Å². The van der Waals surface area contributed by atoms with E-state index in [2.05, 4.69) is 29.8 Å². The summed E-state index contributed by atoms with van der Waals surface area (Å²) in [6.45, 7) is 8.07. The summed E-state index contributed by atoms with van der Waals surface area (Å²) in [5.74, 6) is 0. The van der Waals surface area contributed by atoms with Gasteiger partial charge in [-0.25, -0.2) is 0 Å². The maximum atomic E-state index is 5.98. The molecule has 0 saturated carbocycles. The van der Waals surface area contributed by atoms with Crippen molar-refractivity contribution in [2.24, 2.45) is 0 Å². The Morgan fingerprint density at radius 3 is 2.95 bits per heavy atom. The first kappa shape index (κ1) is 14.3. The molecule has 0 aromatic heterocycles. The van der Waals surface area contributed by atoms with Gasteiger partial charge >= 0.3 is 0 Å². The molecular formula is C15H25N3O. The highest BCUT2D eigenvalue weighted by Crippen LogP contribution is 2.14. The molecule has 0 radical (unpaired) electrons. The van der Waals surface area contributed by atoms with Crippen molar-refractivity contribution >= 4 is 5.69 Å². The molecular weight excluding hydrogens is 238 g/mol. The zero-order valence-electron chi connectivity index (χ0n) is 12.0. The highest BCUT2D eigenvalue weighted by Gasteiger charge is 2.20. The minimum Gasteiger partial charge on any atom is -0.398 e. The minimum absolute atomic E-state index is 0.309. The van der Waals surface area contributed by atoms with Gasteiger partial charge in [0.2, 0.25) is 0 Å². The molecule has 106 valence electrons. The molecule has 2 N–H and O–H groups in total. The van der Waals surface area contributed by atoms with Gasteiger partial charge in [-0.05, 0) is 25.2 Å². The number of nitrogens with zero attached hydrogens (tertiary/aromatic N) is 2. The van der Waals surface area contributed by atoms with Crippen LogP contribution in [0.1, 0.15) is 12.5 Å². The van der Waals surface area contributed by atoms with Gasteiger partial charge in [0.25, 0.3) is 0 Å². The second kappa shape index (κ2) is 6.89. The number of likely N-dealkylation sites (N-methyl/N-ethyl adjacent to an activating group) is 2. The Morgan fingerprint density at radius 2 is 2.21 bits per heavy atom. The van der Waals surface area contributed by atoms with E-state index < -0.39 is 0 Å². The highest BCUT2D eigenvalue weighted by molar-refractivity contribution is 5.46. The molecule has 0 bridgehead atoms. The lowest BCUT2D eigenvalue weighted by Gasteiger charge is -2.34. The van der Waals surface area contributed by atoms with Crippen LogP contribution in [-0.4, -0.2) is 55.7 Å². The summed E-state index contributed by atoms with van der Waals surface area (Å²) in [5.41, 5.74) is 8.04. The van der Waals surface area contributed by atoms with E-state index in [9.17, 15) is 0 Å². The Morgan fingerprint density at radius 1 is 1.42 bits per heavy atom. The molecule has 1 aliphatic rings. The Labute approximate surface area is 116 Å². The summed E-state index contributed by atoms with van der Waals surface area (Å²) in [6, 6.07) is 8.06. The summed E-state index contributed by atoms with van der Waals surface area (Å²) < 4.78 is 5.83. The predicted molar refractivity (Wildman–Crippen MR) is 79.0 cm³/mol. The molecule has 1 aromatic carbocycles. The van der Waals surface area contributed by atoms with Crippen LogP contribution in [0.2, 0.25) is 0 Å². The van der Waals surface area contributed by atoms with Gasteiger partial charge in [-0.3, -0.25) is 9.80 Å². The minimum atomic E-state index is 0.309. The normalized spacial score (nSPS) is 20.9. The van der Waals surface area contributed by atoms with Crippen molar-refractivity contribution in [3.63, 3.8) is 0 Å². The largest absolute Gasteiger partial charge is 0.398 e. The summed E-state index contributed by atoms with van der Waals surface area (Å²) in [6.07, 6.45) is 0.309. The number of ether oxygens (including phenoxy) is 1. The number of anilines is 1. The topological polar surface area (TPSA) is 41.7 Å². The standard InChI is InChI=1S/C15H25N3O/c1-3-18-8-9-19-14(12-18)11-17(2)10-13-6-4-5-7-15(13)16/h4-7,14H,3,8-12,16H2,1-2H3. The number of rotatable bonds is 5. The summed E-state index contributed by atoms with van der Waals surface area (Å²) in [4.78, 5) is 4.73. The van der Waals surface area contributed by atoms with Gasteiger partial charge in [-0.1, -0.05) is 25.1 Å². The number of nitrogen functional groups attached to an aromatic ring is 1. The van der Waals surface area contributed by atoms with Crippen LogP contribution in [0.25, 0.3) is 0 Å². The number of hydrogen-bond acceptors (Lipinski definition) is 4. The molecule has 4 nitrogen and oxygen atoms in total. The summed E-state index contributed by atoms with van der Waals surface area (Å²) in [7, 11) is 2.13. The third-order valence-corrected chi connectivity index (χ3v) is 3.68. The fraction of sp³-hybridized carbons (Fsp3) is 0.600. The average Bonchev–Trinajstić information content (AvgIpc) is 2.41. The Kier molecular flexibility index (Phi) is 5.19. The van der Waals surface area contributed by atoms with Crippen molar-refractivity contribution < 1.29 is 4.74 Å². The van der Waals surface area contributed by atoms with Gasteiger partial charge in [-0.15, -0.1) is 0 Å². The van der Waals surface area contributed by atoms with E-state index in [0.717, 1.165) is 45.0 Å². The predicted octanol–water partition coefficient (Wildman–Crippen LogP) is 1.42. The van der Waals surface area contributed by atoms with Crippen molar-refractivity contribution in [3.8, 4) is 0 Å². The summed E-state index contributed by atoms with van der Waals surface area (Å²) >= 11 is 0. The van der Waals surface area contributed by atoms with Crippen molar-refractivity contribution in [1.82, 2.24) is 9.80 Å². The van der Waals surface area contributed by atoms with E-state index >= 15 is 0 Å². The number of hydrogen-bond donors (Lipinski definition) is 1. The molecule has 1 aliphatic heterocycles. The van der Waals surface area contributed by atoms with Crippen molar-refractivity contribution in [2.75, 3.05) is 45.6 Å². The molecule has 1 saturated heterocycles. The molecule has 1 atom stereocenters. The van der Waals surface area contributed by atoms with Gasteiger partial charge in [-0.2, -0.15) is 0 Å². The second-order valence-electron chi connectivity index (χ2n) is 5.28. The van der Waals surface area contributed by atoms with E-state index in [1.807, 2.05) is 18.2 Å². The monoisotopic (exact) mass is 263 g/mol. The molecule has 1 fully saturated rings. The molecule has 1 unspecified atom stereocenters. The van der Waals surface area contributed by atoms with Gasteiger partial charge in [0.05, 0.1) is 12.7 Å². The smallest absolute Gasteiger partial charge is 0.0829 e. The quantitative estimate of drug-likeness (QED) is 0.816. The van der Waals surface area contributed by atoms with Crippen LogP contribution in [0.3, 0.4) is 0 Å². The Bertz CT molecular complexity index is 397. The fourth-order valence-electron chi connectivity index (χ4n) is 2.56. The Balaban J connectivity index is 1.84. The first-order valence-electron chi connectivity index (χ1n) is 7.05. The number of benzene rings is 1. The lowest BCUT2D eigenvalue weighted by atomic mass is 10.1. The van der Waals surface area contributed by atoms with Crippen molar-refractivity contribution in [3.05, 3.63) is 29.8 Å². The van der Waals surface area contributed by atoms with E-state index in [4.69, 9.17) is 10.5 Å². The van der Waals surface area contributed by atoms with Crippen LogP contribution in [0.5, 0.6) is 0 Å². The molecule has 2 rings (SSSR count). The van der Waals surface area contributed by atoms with Crippen LogP contribution >= 0.6 is 0 Å². The number of para-hydroxylation sites is 1. The zero-order valence-corrected chi connectivity index (χ0v) is 12.0. The third-order valence-electron chi connectivity index (χ3n) is 3.68. The SMILES string of the molecule is CCN1CCOC(CN(C)Cc2ccccc2N)C1. The van der Waals surface area contributed by atoms with Crippen LogP contribution in [0.15, 0.2) is 24.3 Å². The first-order valence-corrected chi connectivity index (χ1v) is 7.05. The molecule has 0 aliphatic carbocycles. The van der Waals surface area contributed by atoms with Crippen LogP contribution in [-0.2, 0) is 11.3 Å². The molecule has 4 heteroatoms. The Hall–Kier alpha value is -1.10. The number of nitrogens with two attached hydrogens (primary N) is 1. The molecule has 1 aromatic rings. The second-order valence-corrected chi connectivity index (χ2v) is 5.28.